The molecule has 3 rings (SSSR count). The lowest BCUT2D eigenvalue weighted by atomic mass is 10.2. The Morgan fingerprint density at radius 3 is 3.08 bits per heavy atom. The van der Waals surface area contributed by atoms with Gasteiger partial charge in [0.1, 0.15) is 5.75 Å². The zero-order valence-electron chi connectivity index (χ0n) is 14.7. The van der Waals surface area contributed by atoms with Crippen LogP contribution in [-0.4, -0.2) is 53.1 Å². The van der Waals surface area contributed by atoms with E-state index in [9.17, 15) is 5.11 Å². The molecule has 1 aliphatic rings. The molecule has 2 aromatic rings. The Morgan fingerprint density at radius 2 is 2.32 bits per heavy atom. The first kappa shape index (κ1) is 17.8. The molecule has 1 fully saturated rings. The molecule has 1 aromatic carbocycles. The molecule has 0 saturated carbocycles. The molecular formula is C18H25N3O4. The maximum absolute atomic E-state index is 10.3. The number of ether oxygens (including phenoxy) is 2. The number of methoxy groups -OCH3 is 1. The first-order valence-corrected chi connectivity index (χ1v) is 8.58. The van der Waals surface area contributed by atoms with Gasteiger partial charge in [0, 0.05) is 13.5 Å². The second-order valence-corrected chi connectivity index (χ2v) is 6.35. The van der Waals surface area contributed by atoms with E-state index in [1.54, 1.807) is 14.0 Å². The summed E-state index contributed by atoms with van der Waals surface area (Å²) < 4.78 is 15.9. The van der Waals surface area contributed by atoms with E-state index in [2.05, 4.69) is 15.0 Å². The minimum Gasteiger partial charge on any atom is -0.497 e. The monoisotopic (exact) mass is 347 g/mol. The lowest BCUT2D eigenvalue weighted by Gasteiger charge is -2.24. The second-order valence-electron chi connectivity index (χ2n) is 6.35. The number of hydrogen-bond donors (Lipinski definition) is 1. The average molecular weight is 347 g/mol. The Bertz CT molecular complexity index is 676. The van der Waals surface area contributed by atoms with Crippen LogP contribution in [0, 0.1) is 6.92 Å². The second kappa shape index (κ2) is 8.42. The van der Waals surface area contributed by atoms with Crippen LogP contribution in [-0.2, 0) is 11.3 Å². The van der Waals surface area contributed by atoms with Crippen LogP contribution in [0.2, 0.25) is 0 Å². The van der Waals surface area contributed by atoms with Crippen molar-refractivity contribution in [1.29, 1.82) is 0 Å². The number of aromatic nitrogens is 2. The number of aryl methyl sites for hydroxylation is 1. The predicted molar refractivity (Wildman–Crippen MR) is 91.2 cm³/mol. The highest BCUT2D eigenvalue weighted by Crippen LogP contribution is 2.30. The molecule has 7 heteroatoms. The van der Waals surface area contributed by atoms with Gasteiger partial charge in [-0.3, -0.25) is 4.90 Å². The molecule has 0 unspecified atom stereocenters. The van der Waals surface area contributed by atoms with Gasteiger partial charge in [0.2, 0.25) is 5.89 Å². The van der Waals surface area contributed by atoms with E-state index >= 15 is 0 Å². The Balaban J connectivity index is 1.46. The molecule has 1 saturated heterocycles. The summed E-state index contributed by atoms with van der Waals surface area (Å²) >= 11 is 0. The van der Waals surface area contributed by atoms with E-state index in [0.29, 0.717) is 24.9 Å². The molecule has 136 valence electrons. The van der Waals surface area contributed by atoms with Crippen LogP contribution in [0.3, 0.4) is 0 Å². The molecule has 2 heterocycles. The van der Waals surface area contributed by atoms with Crippen LogP contribution in [0.4, 0.5) is 0 Å². The summed E-state index contributed by atoms with van der Waals surface area (Å²) in [6, 6.07) is 7.84. The van der Waals surface area contributed by atoms with Crippen molar-refractivity contribution in [2.24, 2.45) is 0 Å². The van der Waals surface area contributed by atoms with Crippen molar-refractivity contribution in [3.8, 4) is 5.75 Å². The van der Waals surface area contributed by atoms with Crippen molar-refractivity contribution in [3.05, 3.63) is 41.5 Å². The fourth-order valence-corrected chi connectivity index (χ4v) is 3.19. The van der Waals surface area contributed by atoms with E-state index in [0.717, 1.165) is 30.7 Å². The van der Waals surface area contributed by atoms with Crippen LogP contribution in [0.1, 0.15) is 36.2 Å². The highest BCUT2D eigenvalue weighted by atomic mass is 16.5. The number of β-amino-alcohol motifs (C(OH)–C–C–N with tert-alkyl or cyclic N) is 1. The van der Waals surface area contributed by atoms with E-state index in [-0.39, 0.29) is 12.6 Å². The molecule has 7 nitrogen and oxygen atoms in total. The third kappa shape index (κ3) is 4.78. The minimum atomic E-state index is -0.556. The van der Waals surface area contributed by atoms with Gasteiger partial charge in [-0.15, -0.1) is 0 Å². The van der Waals surface area contributed by atoms with Gasteiger partial charge in [0.05, 0.1) is 32.5 Å². The summed E-state index contributed by atoms with van der Waals surface area (Å²) in [6.45, 7) is 3.98. The lowest BCUT2D eigenvalue weighted by Crippen LogP contribution is -2.35. The SMILES string of the molecule is COc1cccc(COC[C@@H](O)CN2CCC[C@@H]2c2noc(C)n2)c1. The highest BCUT2D eigenvalue weighted by Gasteiger charge is 2.30. The summed E-state index contributed by atoms with van der Waals surface area (Å²) in [5, 5.41) is 14.3. The predicted octanol–water partition coefficient (Wildman–Crippen LogP) is 2.10. The molecule has 1 N–H and O–H groups in total. The Hall–Kier alpha value is -1.96. The minimum absolute atomic E-state index is 0.116. The topological polar surface area (TPSA) is 80.9 Å². The fourth-order valence-electron chi connectivity index (χ4n) is 3.19. The van der Waals surface area contributed by atoms with Crippen LogP contribution < -0.4 is 4.74 Å². The van der Waals surface area contributed by atoms with E-state index in [4.69, 9.17) is 14.0 Å². The highest BCUT2D eigenvalue weighted by molar-refractivity contribution is 5.27. The van der Waals surface area contributed by atoms with E-state index in [1.807, 2.05) is 24.3 Å². The van der Waals surface area contributed by atoms with Crippen molar-refractivity contribution >= 4 is 0 Å². The van der Waals surface area contributed by atoms with Crippen molar-refractivity contribution in [1.82, 2.24) is 15.0 Å². The summed E-state index contributed by atoms with van der Waals surface area (Å²) in [5.41, 5.74) is 1.02. The number of nitrogens with zero attached hydrogens (tertiary/aromatic N) is 3. The number of benzene rings is 1. The Kier molecular flexibility index (Phi) is 6.01. The van der Waals surface area contributed by atoms with Gasteiger partial charge in [-0.25, -0.2) is 0 Å². The van der Waals surface area contributed by atoms with Crippen LogP contribution in [0.5, 0.6) is 5.75 Å². The van der Waals surface area contributed by atoms with E-state index in [1.165, 1.54) is 0 Å². The molecule has 0 aliphatic carbocycles. The zero-order valence-corrected chi connectivity index (χ0v) is 14.7. The molecule has 25 heavy (non-hydrogen) atoms. The number of hydrogen-bond acceptors (Lipinski definition) is 7. The first-order valence-electron chi connectivity index (χ1n) is 8.58. The van der Waals surface area contributed by atoms with Gasteiger partial charge in [-0.05, 0) is 37.1 Å². The maximum Gasteiger partial charge on any atom is 0.223 e. The molecule has 0 amide bonds. The van der Waals surface area contributed by atoms with Gasteiger partial charge in [0.25, 0.3) is 0 Å². The number of likely N-dealkylation sites (tertiary alicyclic amines) is 1. The number of rotatable bonds is 8. The van der Waals surface area contributed by atoms with Crippen LogP contribution >= 0.6 is 0 Å². The largest absolute Gasteiger partial charge is 0.497 e. The molecule has 1 aromatic heterocycles. The van der Waals surface area contributed by atoms with Gasteiger partial charge < -0.3 is 19.1 Å². The molecule has 0 radical (unpaired) electrons. The van der Waals surface area contributed by atoms with Crippen molar-refractivity contribution < 1.29 is 19.1 Å². The van der Waals surface area contributed by atoms with Crippen LogP contribution in [0.25, 0.3) is 0 Å². The normalized spacial score (nSPS) is 19.2. The number of aliphatic hydroxyl groups is 1. The van der Waals surface area contributed by atoms with Gasteiger partial charge in [0.15, 0.2) is 5.82 Å². The maximum atomic E-state index is 10.3. The van der Waals surface area contributed by atoms with Crippen molar-refractivity contribution in [2.75, 3.05) is 26.8 Å². The lowest BCUT2D eigenvalue weighted by molar-refractivity contribution is 0.00707. The van der Waals surface area contributed by atoms with Crippen LogP contribution in [0.15, 0.2) is 28.8 Å². The summed E-state index contributed by atoms with van der Waals surface area (Å²) in [6.07, 6.45) is 1.49. The molecule has 1 aliphatic heterocycles. The summed E-state index contributed by atoms with van der Waals surface area (Å²) in [4.78, 5) is 6.52. The fraction of sp³-hybridized carbons (Fsp3) is 0.556. The smallest absolute Gasteiger partial charge is 0.223 e. The summed E-state index contributed by atoms with van der Waals surface area (Å²) in [7, 11) is 1.64. The number of aliphatic hydroxyl groups excluding tert-OH is 1. The summed E-state index contributed by atoms with van der Waals surface area (Å²) in [5.74, 6) is 2.08. The molecule has 2 atom stereocenters. The first-order chi connectivity index (χ1) is 12.2. The third-order valence-corrected chi connectivity index (χ3v) is 4.36. The Morgan fingerprint density at radius 1 is 1.44 bits per heavy atom. The molecular weight excluding hydrogens is 322 g/mol. The average Bonchev–Trinajstić information content (AvgIpc) is 3.23. The van der Waals surface area contributed by atoms with Gasteiger partial charge in [-0.2, -0.15) is 4.98 Å². The van der Waals surface area contributed by atoms with Crippen molar-refractivity contribution in [3.63, 3.8) is 0 Å². The quantitative estimate of drug-likeness (QED) is 0.783. The van der Waals surface area contributed by atoms with E-state index < -0.39 is 6.10 Å². The Labute approximate surface area is 147 Å². The van der Waals surface area contributed by atoms with Gasteiger partial charge in [-0.1, -0.05) is 17.3 Å². The zero-order chi connectivity index (χ0) is 17.6. The third-order valence-electron chi connectivity index (χ3n) is 4.36. The van der Waals surface area contributed by atoms with Crippen molar-refractivity contribution in [2.45, 2.75) is 38.5 Å². The standard InChI is InChI=1S/C18H25N3O4/c1-13-19-18(20-25-13)17-7-4-8-21(17)10-15(22)12-24-11-14-5-3-6-16(9-14)23-2/h3,5-6,9,15,17,22H,4,7-8,10-12H2,1-2H3/t15-,17+/m0/s1. The molecule has 0 spiro atoms. The molecule has 0 bridgehead atoms. The van der Waals surface area contributed by atoms with Gasteiger partial charge >= 0.3 is 0 Å².